The summed E-state index contributed by atoms with van der Waals surface area (Å²) in [6, 6.07) is 4.04. The number of aromatic hydroxyl groups is 1. The number of aliphatic hydroxyl groups excluding tert-OH is 3. The molecular weight excluding hydrogens is 372 g/mol. The Morgan fingerprint density at radius 1 is 1.18 bits per heavy atom. The zero-order chi connectivity index (χ0) is 20.4. The van der Waals surface area contributed by atoms with E-state index in [-0.39, 0.29) is 11.1 Å². The molecule has 0 bridgehead atoms. The van der Waals surface area contributed by atoms with Crippen LogP contribution in [0.4, 0.5) is 0 Å². The molecule has 0 aromatic heterocycles. The number of ether oxygens (including phenoxy) is 2. The topological polar surface area (TPSA) is 160 Å². The monoisotopic (exact) mass is 392 g/mol. The molecular formula is C19H20O9. The van der Waals surface area contributed by atoms with Crippen LogP contribution in [0.5, 0.6) is 5.75 Å². The van der Waals surface area contributed by atoms with Crippen LogP contribution in [0.3, 0.4) is 0 Å². The number of carbonyl (C=O) groups is 2. The number of fused-ring (bicyclic) bond motifs is 1. The van der Waals surface area contributed by atoms with E-state index in [2.05, 4.69) is 0 Å². The summed E-state index contributed by atoms with van der Waals surface area (Å²) >= 11 is 0. The van der Waals surface area contributed by atoms with Crippen molar-refractivity contribution in [2.45, 2.75) is 61.2 Å². The largest absolute Gasteiger partial charge is 0.508 e. The highest BCUT2D eigenvalue weighted by molar-refractivity contribution is 6.10. The fourth-order valence-electron chi connectivity index (χ4n) is 5.23. The second-order valence-electron chi connectivity index (χ2n) is 8.19. The van der Waals surface area contributed by atoms with Crippen LogP contribution in [0.1, 0.15) is 35.9 Å². The van der Waals surface area contributed by atoms with Gasteiger partial charge in [-0.25, -0.2) is 0 Å². The molecule has 1 aromatic rings. The highest BCUT2D eigenvalue weighted by atomic mass is 16.7. The Labute approximate surface area is 159 Å². The Balaban J connectivity index is 1.70. The first-order chi connectivity index (χ1) is 13.1. The maximum Gasteiger partial charge on any atom is 0.201 e. The van der Waals surface area contributed by atoms with E-state index in [9.17, 15) is 35.1 Å². The molecule has 2 heterocycles. The van der Waals surface area contributed by atoms with Crippen LogP contribution in [-0.2, 0) is 14.3 Å². The molecule has 9 heteroatoms. The van der Waals surface area contributed by atoms with Gasteiger partial charge in [0.25, 0.3) is 0 Å². The number of carbonyl (C=O) groups excluding carboxylic acids is 2. The van der Waals surface area contributed by atoms with Gasteiger partial charge < -0.3 is 35.0 Å². The number of hydrogen-bond donors (Lipinski definition) is 5. The fraction of sp³-hybridized carbons (Fsp3) is 0.579. The van der Waals surface area contributed by atoms with Gasteiger partial charge in [0.05, 0.1) is 12.2 Å². The zero-order valence-corrected chi connectivity index (χ0v) is 15.1. The van der Waals surface area contributed by atoms with Crippen LogP contribution >= 0.6 is 0 Å². The van der Waals surface area contributed by atoms with Gasteiger partial charge in [-0.3, -0.25) is 9.59 Å². The number of phenols is 1. The Morgan fingerprint density at radius 3 is 2.43 bits per heavy atom. The standard InChI is InChI=1S/C19H20O9/c1-6-12(21)18-13(22)8-4-3-5-9(20)10(8)14(23)19(18,28-18)16(25)17(6,26)15(24)11-7(2)27-11/h3-7,11-12,14,16,20-21,23,25-26H,1-2H3/t6-,7-,11-,12+,14-,16+,17+,18+,19+/m0/s1. The molecule has 1 saturated carbocycles. The lowest BCUT2D eigenvalue weighted by Gasteiger charge is -2.49. The number of ketones is 2. The second-order valence-corrected chi connectivity index (χ2v) is 8.19. The van der Waals surface area contributed by atoms with Crippen molar-refractivity contribution in [3.63, 3.8) is 0 Å². The zero-order valence-electron chi connectivity index (χ0n) is 15.1. The van der Waals surface area contributed by atoms with E-state index < -0.39 is 70.6 Å². The van der Waals surface area contributed by atoms with E-state index in [0.29, 0.717) is 0 Å². The van der Waals surface area contributed by atoms with E-state index in [1.165, 1.54) is 25.1 Å². The number of aliphatic hydroxyl groups is 4. The van der Waals surface area contributed by atoms with E-state index in [0.717, 1.165) is 0 Å². The molecule has 2 aliphatic carbocycles. The molecule has 0 spiro atoms. The van der Waals surface area contributed by atoms with Gasteiger partial charge in [-0.15, -0.1) is 0 Å². The van der Waals surface area contributed by atoms with Gasteiger partial charge in [0.2, 0.25) is 5.78 Å². The number of benzene rings is 1. The summed E-state index contributed by atoms with van der Waals surface area (Å²) in [5.41, 5.74) is -6.92. The maximum atomic E-state index is 13.2. The lowest BCUT2D eigenvalue weighted by Crippen LogP contribution is -2.74. The molecule has 4 aliphatic rings. The predicted octanol–water partition coefficient (Wildman–Crippen LogP) is -1.41. The van der Waals surface area contributed by atoms with E-state index >= 15 is 0 Å². The van der Waals surface area contributed by atoms with Crippen molar-refractivity contribution < 1.29 is 44.6 Å². The highest BCUT2D eigenvalue weighted by Crippen LogP contribution is 2.70. The fourth-order valence-corrected chi connectivity index (χ4v) is 5.23. The van der Waals surface area contributed by atoms with Crippen molar-refractivity contribution in [1.82, 2.24) is 0 Å². The van der Waals surface area contributed by atoms with Gasteiger partial charge in [0.15, 0.2) is 22.6 Å². The van der Waals surface area contributed by atoms with Crippen molar-refractivity contribution in [2.24, 2.45) is 5.92 Å². The summed E-state index contributed by atoms with van der Waals surface area (Å²) in [5, 5.41) is 54.4. The average Bonchev–Trinajstić information content (AvgIpc) is 3.57. The van der Waals surface area contributed by atoms with E-state index in [4.69, 9.17) is 9.47 Å². The van der Waals surface area contributed by atoms with E-state index in [1.807, 2.05) is 0 Å². The lowest BCUT2D eigenvalue weighted by atomic mass is 9.55. The molecule has 0 radical (unpaired) electrons. The molecule has 5 N–H and O–H groups in total. The van der Waals surface area contributed by atoms with E-state index in [1.54, 1.807) is 6.92 Å². The van der Waals surface area contributed by atoms with Gasteiger partial charge in [-0.1, -0.05) is 19.1 Å². The van der Waals surface area contributed by atoms with Crippen LogP contribution in [0.15, 0.2) is 18.2 Å². The molecule has 1 aromatic carbocycles. The second kappa shape index (κ2) is 4.99. The number of phenolic OH excluding ortho intramolecular Hbond substituents is 1. The van der Waals surface area contributed by atoms with Crippen molar-refractivity contribution in [3.8, 4) is 5.75 Å². The third kappa shape index (κ3) is 1.62. The first kappa shape index (κ1) is 18.2. The van der Waals surface area contributed by atoms with Gasteiger partial charge in [-0.05, 0) is 13.0 Å². The highest BCUT2D eigenvalue weighted by Gasteiger charge is 2.92. The normalized spacial score (nSPS) is 51.0. The van der Waals surface area contributed by atoms with Gasteiger partial charge in [0, 0.05) is 17.0 Å². The maximum absolute atomic E-state index is 13.2. The van der Waals surface area contributed by atoms with Crippen LogP contribution in [0.25, 0.3) is 0 Å². The summed E-state index contributed by atoms with van der Waals surface area (Å²) in [6.45, 7) is 2.95. The van der Waals surface area contributed by atoms with Crippen molar-refractivity contribution in [2.75, 3.05) is 0 Å². The molecule has 28 heavy (non-hydrogen) atoms. The van der Waals surface area contributed by atoms with Gasteiger partial charge >= 0.3 is 0 Å². The quantitative estimate of drug-likeness (QED) is 0.381. The number of rotatable bonds is 2. The number of hydrogen-bond acceptors (Lipinski definition) is 9. The summed E-state index contributed by atoms with van der Waals surface area (Å²) in [5.74, 6) is -3.25. The third-order valence-corrected chi connectivity index (χ3v) is 6.98. The van der Waals surface area contributed by atoms with Gasteiger partial charge in [0.1, 0.15) is 24.1 Å². The molecule has 150 valence electrons. The Hall–Kier alpha value is -1.88. The molecule has 3 fully saturated rings. The molecule has 2 saturated heterocycles. The molecule has 0 unspecified atom stereocenters. The summed E-state index contributed by atoms with van der Waals surface area (Å²) in [4.78, 5) is 26.1. The predicted molar refractivity (Wildman–Crippen MR) is 89.4 cm³/mol. The summed E-state index contributed by atoms with van der Waals surface area (Å²) in [6.07, 6.45) is -6.89. The van der Waals surface area contributed by atoms with Crippen molar-refractivity contribution in [1.29, 1.82) is 0 Å². The Kier molecular flexibility index (Phi) is 3.24. The van der Waals surface area contributed by atoms with Crippen LogP contribution < -0.4 is 0 Å². The van der Waals surface area contributed by atoms with Crippen molar-refractivity contribution in [3.05, 3.63) is 29.3 Å². The molecule has 0 amide bonds. The van der Waals surface area contributed by atoms with Crippen molar-refractivity contribution >= 4 is 11.6 Å². The van der Waals surface area contributed by atoms with Crippen LogP contribution in [-0.4, -0.2) is 78.3 Å². The minimum Gasteiger partial charge on any atom is -0.508 e. The average molecular weight is 392 g/mol. The summed E-state index contributed by atoms with van der Waals surface area (Å²) in [7, 11) is 0. The number of epoxide rings is 2. The molecule has 2 aliphatic heterocycles. The molecule has 5 rings (SSSR count). The first-order valence-electron chi connectivity index (χ1n) is 9.10. The SMILES string of the molecule is C[C@@H]1O[C@@H]1C(=O)[C@@]1(O)[C@@H](O)[C@@]23O[C@@]2(C(=O)c2cccc(O)c2[C@@H]3O)[C@H](O)[C@@H]1C. The number of Topliss-reactive ketones (excluding diaryl/α,β-unsaturated/α-hetero) is 2. The minimum absolute atomic E-state index is 0.0463. The van der Waals surface area contributed by atoms with Crippen LogP contribution in [0, 0.1) is 5.92 Å². The summed E-state index contributed by atoms with van der Waals surface area (Å²) < 4.78 is 10.7. The smallest absolute Gasteiger partial charge is 0.201 e. The van der Waals surface area contributed by atoms with Gasteiger partial charge in [-0.2, -0.15) is 0 Å². The Bertz CT molecular complexity index is 930. The first-order valence-corrected chi connectivity index (χ1v) is 9.10. The van der Waals surface area contributed by atoms with Crippen LogP contribution in [0.2, 0.25) is 0 Å². The lowest BCUT2D eigenvalue weighted by molar-refractivity contribution is -0.198. The minimum atomic E-state index is -2.52. The molecule has 9 atom stereocenters. The third-order valence-electron chi connectivity index (χ3n) is 6.98. The Morgan fingerprint density at radius 2 is 1.82 bits per heavy atom. The molecule has 9 nitrogen and oxygen atoms in total.